The number of hydrogen-bond donors (Lipinski definition) is 4. The fourth-order valence-electron chi connectivity index (χ4n) is 3.22. The lowest BCUT2D eigenvalue weighted by atomic mass is 10.1. The van der Waals surface area contributed by atoms with Crippen LogP contribution in [0.5, 0.6) is 11.5 Å². The minimum Gasteiger partial charge on any atom is -0.506 e. The second-order valence-corrected chi connectivity index (χ2v) is 6.89. The van der Waals surface area contributed by atoms with Crippen LogP contribution < -0.4 is 4.57 Å². The molecular weight excluding hydrogens is 360 g/mol. The molecule has 0 radical (unpaired) electrons. The first kappa shape index (κ1) is 19.8. The predicted octanol–water partition coefficient (Wildman–Crippen LogP) is 0.983. The first-order chi connectivity index (χ1) is 13.3. The van der Waals surface area contributed by atoms with Gasteiger partial charge in [0, 0.05) is 41.6 Å². The van der Waals surface area contributed by atoms with Crippen molar-refractivity contribution in [2.45, 2.75) is 47.1 Å². The van der Waals surface area contributed by atoms with Crippen LogP contribution in [-0.4, -0.2) is 35.0 Å². The zero-order valence-electron chi connectivity index (χ0n) is 16.2. The summed E-state index contributed by atoms with van der Waals surface area (Å²) in [6, 6.07) is 0. The maximum absolute atomic E-state index is 10.4. The summed E-state index contributed by atoms with van der Waals surface area (Å²) in [7, 11) is 0. The van der Waals surface area contributed by atoms with E-state index in [1.54, 1.807) is 26.2 Å². The number of aliphatic hydroxyl groups excluding tert-OH is 2. The second kappa shape index (κ2) is 7.95. The molecule has 3 heterocycles. The van der Waals surface area contributed by atoms with Gasteiger partial charge in [-0.15, -0.1) is 0 Å². The summed E-state index contributed by atoms with van der Waals surface area (Å²) in [6.07, 6.45) is 6.92. The van der Waals surface area contributed by atoms with Crippen LogP contribution in [0, 0.1) is 20.8 Å². The van der Waals surface area contributed by atoms with Crippen molar-refractivity contribution in [3.05, 3.63) is 64.3 Å². The van der Waals surface area contributed by atoms with Crippen molar-refractivity contribution in [1.82, 2.24) is 14.5 Å². The molecule has 3 aromatic heterocycles. The molecule has 0 aliphatic carbocycles. The topological polar surface area (TPSA) is 116 Å². The fraction of sp³-hybridized carbons (Fsp3) is 0.350. The molecule has 28 heavy (non-hydrogen) atoms. The summed E-state index contributed by atoms with van der Waals surface area (Å²) in [5.74, 6) is 0.158. The molecule has 8 nitrogen and oxygen atoms in total. The summed E-state index contributed by atoms with van der Waals surface area (Å²) in [5, 5.41) is 39.9. The lowest BCUT2D eigenvalue weighted by Gasteiger charge is -2.10. The lowest BCUT2D eigenvalue weighted by Crippen LogP contribution is -2.32. The normalized spacial score (nSPS) is 11.2. The van der Waals surface area contributed by atoms with E-state index in [0.29, 0.717) is 46.7 Å². The zero-order chi connectivity index (χ0) is 20.4. The number of aromatic nitrogens is 4. The maximum atomic E-state index is 10.4. The minimum atomic E-state index is -0.208. The highest BCUT2D eigenvalue weighted by atomic mass is 16.3. The van der Waals surface area contributed by atoms with Crippen molar-refractivity contribution in [3.63, 3.8) is 0 Å². The Morgan fingerprint density at radius 3 is 2.00 bits per heavy atom. The quantitative estimate of drug-likeness (QED) is 0.470. The third kappa shape index (κ3) is 3.69. The van der Waals surface area contributed by atoms with Crippen molar-refractivity contribution in [1.29, 1.82) is 0 Å². The summed E-state index contributed by atoms with van der Waals surface area (Å²) in [5.41, 5.74) is 4.35. The van der Waals surface area contributed by atoms with Crippen LogP contribution in [0.2, 0.25) is 0 Å². The molecule has 0 bridgehead atoms. The molecule has 0 unspecified atom stereocenters. The third-order valence-electron chi connectivity index (χ3n) is 4.96. The Hall–Kier alpha value is -2.97. The molecule has 0 spiro atoms. The van der Waals surface area contributed by atoms with E-state index in [1.165, 1.54) is 0 Å². The summed E-state index contributed by atoms with van der Waals surface area (Å²) in [4.78, 5) is 8.18. The monoisotopic (exact) mass is 385 g/mol. The molecule has 0 saturated heterocycles. The first-order valence-electron chi connectivity index (χ1n) is 8.95. The van der Waals surface area contributed by atoms with Gasteiger partial charge in [-0.1, -0.05) is 0 Å². The largest absolute Gasteiger partial charge is 0.506 e. The molecule has 0 atom stereocenters. The number of aryl methyl sites for hydroxylation is 3. The lowest BCUT2D eigenvalue weighted by molar-refractivity contribution is -0.688. The minimum absolute atomic E-state index is 0.0782. The molecule has 3 rings (SSSR count). The van der Waals surface area contributed by atoms with E-state index in [2.05, 4.69) is 9.97 Å². The van der Waals surface area contributed by atoms with Crippen molar-refractivity contribution in [2.75, 3.05) is 0 Å². The van der Waals surface area contributed by atoms with Gasteiger partial charge >= 0.3 is 0 Å². The Bertz CT molecular complexity index is 1010. The maximum Gasteiger partial charge on any atom is 0.244 e. The third-order valence-corrected chi connectivity index (χ3v) is 4.96. The number of imidazole rings is 1. The smallest absolute Gasteiger partial charge is 0.244 e. The van der Waals surface area contributed by atoms with Crippen LogP contribution >= 0.6 is 0 Å². The molecule has 8 heteroatoms. The zero-order valence-corrected chi connectivity index (χ0v) is 16.2. The van der Waals surface area contributed by atoms with Gasteiger partial charge in [0.25, 0.3) is 0 Å². The van der Waals surface area contributed by atoms with Crippen LogP contribution in [0.3, 0.4) is 0 Å². The average Bonchev–Trinajstić information content (AvgIpc) is 3.02. The van der Waals surface area contributed by atoms with E-state index in [9.17, 15) is 20.4 Å². The highest BCUT2D eigenvalue weighted by Gasteiger charge is 2.19. The summed E-state index contributed by atoms with van der Waals surface area (Å²) in [6.45, 7) is 5.69. The Kier molecular flexibility index (Phi) is 5.62. The highest BCUT2D eigenvalue weighted by molar-refractivity contribution is 5.41. The van der Waals surface area contributed by atoms with Crippen molar-refractivity contribution < 1.29 is 25.0 Å². The van der Waals surface area contributed by atoms with Gasteiger partial charge in [-0.3, -0.25) is 9.97 Å². The van der Waals surface area contributed by atoms with E-state index in [1.807, 2.05) is 28.6 Å². The highest BCUT2D eigenvalue weighted by Crippen LogP contribution is 2.26. The number of pyridine rings is 2. The van der Waals surface area contributed by atoms with Gasteiger partial charge in [-0.2, -0.15) is 0 Å². The molecule has 0 aliphatic heterocycles. The molecule has 4 N–H and O–H groups in total. The Balaban J connectivity index is 1.94. The van der Waals surface area contributed by atoms with Gasteiger partial charge in [-0.05, 0) is 13.8 Å². The fourth-order valence-corrected chi connectivity index (χ4v) is 3.22. The molecular formula is C20H25N4O4+. The molecule has 148 valence electrons. The number of hydrogen-bond acceptors (Lipinski definition) is 6. The van der Waals surface area contributed by atoms with E-state index in [0.717, 1.165) is 5.69 Å². The van der Waals surface area contributed by atoms with Crippen molar-refractivity contribution in [2.24, 2.45) is 0 Å². The Morgan fingerprint density at radius 1 is 0.893 bits per heavy atom. The van der Waals surface area contributed by atoms with Crippen molar-refractivity contribution in [3.8, 4) is 11.5 Å². The van der Waals surface area contributed by atoms with E-state index >= 15 is 0 Å². The predicted molar refractivity (Wildman–Crippen MR) is 101 cm³/mol. The van der Waals surface area contributed by atoms with E-state index in [4.69, 9.17) is 0 Å². The Labute approximate surface area is 163 Å². The van der Waals surface area contributed by atoms with E-state index < -0.39 is 0 Å². The van der Waals surface area contributed by atoms with Gasteiger partial charge in [0.2, 0.25) is 6.33 Å². The molecule has 0 fully saturated rings. The van der Waals surface area contributed by atoms with Gasteiger partial charge in [-0.25, -0.2) is 9.13 Å². The molecule has 0 aliphatic rings. The number of aromatic hydroxyl groups is 2. The van der Waals surface area contributed by atoms with Crippen LogP contribution in [0.15, 0.2) is 24.9 Å². The van der Waals surface area contributed by atoms with Crippen LogP contribution in [0.1, 0.15) is 39.3 Å². The first-order valence-corrected chi connectivity index (χ1v) is 8.95. The van der Waals surface area contributed by atoms with Crippen LogP contribution in [0.4, 0.5) is 0 Å². The van der Waals surface area contributed by atoms with Gasteiger partial charge in [0.1, 0.15) is 36.5 Å². The van der Waals surface area contributed by atoms with Gasteiger partial charge < -0.3 is 20.4 Å². The molecule has 3 aromatic rings. The molecule has 0 saturated carbocycles. The average molecular weight is 385 g/mol. The second-order valence-electron chi connectivity index (χ2n) is 6.89. The SMILES string of the molecule is Cc1ncc(CO)c(Cn2c[n+](Cc3c(CO)cnc(C)c3O)cc2C)c1O. The van der Waals surface area contributed by atoms with E-state index in [-0.39, 0.29) is 24.7 Å². The van der Waals surface area contributed by atoms with Gasteiger partial charge in [0.05, 0.1) is 24.6 Å². The summed E-state index contributed by atoms with van der Waals surface area (Å²) < 4.78 is 3.84. The Morgan fingerprint density at radius 2 is 1.43 bits per heavy atom. The van der Waals surface area contributed by atoms with Crippen LogP contribution in [0.25, 0.3) is 0 Å². The summed E-state index contributed by atoms with van der Waals surface area (Å²) >= 11 is 0. The standard InChI is InChI=1S/C20H24N4O4/c1-12-6-23(7-17-15(9-25)4-21-13(2)19(17)27)11-24(12)8-18-16(10-26)5-22-14(3)20(18)28/h4-6,11,25-26H,7-10H2,1-3H3,(H-,27,28)/p+1. The van der Waals surface area contributed by atoms with Gasteiger partial charge in [0.15, 0.2) is 0 Å². The van der Waals surface area contributed by atoms with Crippen molar-refractivity contribution >= 4 is 0 Å². The number of rotatable bonds is 6. The molecule has 0 amide bonds. The molecule has 0 aromatic carbocycles. The number of nitrogens with zero attached hydrogens (tertiary/aromatic N) is 4. The number of aliphatic hydroxyl groups is 2. The van der Waals surface area contributed by atoms with Crippen LogP contribution in [-0.2, 0) is 26.3 Å².